The molecular weight excluding hydrogens is 302 g/mol. The van der Waals surface area contributed by atoms with E-state index in [-0.39, 0.29) is 6.04 Å². The van der Waals surface area contributed by atoms with E-state index in [1.807, 2.05) is 42.8 Å². The van der Waals surface area contributed by atoms with E-state index in [2.05, 4.69) is 0 Å². The summed E-state index contributed by atoms with van der Waals surface area (Å²) in [6.45, 7) is 4.33. The zero-order chi connectivity index (χ0) is 15.0. The highest BCUT2D eigenvalue weighted by atomic mass is 32.2. The Morgan fingerprint density at radius 1 is 1.24 bits per heavy atom. The molecule has 1 saturated carbocycles. The minimum absolute atomic E-state index is 0.163. The Balaban J connectivity index is 1.97. The van der Waals surface area contributed by atoms with Gasteiger partial charge in [0.25, 0.3) is 0 Å². The fourth-order valence-corrected chi connectivity index (χ4v) is 5.09. The van der Waals surface area contributed by atoms with Crippen molar-refractivity contribution < 1.29 is 8.42 Å². The van der Waals surface area contributed by atoms with Gasteiger partial charge in [-0.15, -0.1) is 0 Å². The lowest BCUT2D eigenvalue weighted by Gasteiger charge is -2.22. The van der Waals surface area contributed by atoms with Gasteiger partial charge in [0.2, 0.25) is 10.0 Å². The Bertz CT molecular complexity index is 732. The fourth-order valence-electron chi connectivity index (χ4n) is 2.55. The quantitative estimate of drug-likeness (QED) is 0.841. The Morgan fingerprint density at radius 2 is 2.00 bits per heavy atom. The summed E-state index contributed by atoms with van der Waals surface area (Å²) >= 11 is 1.60. The average molecular weight is 321 g/mol. The maximum atomic E-state index is 13.0. The van der Waals surface area contributed by atoms with E-state index in [4.69, 9.17) is 0 Å². The third kappa shape index (κ3) is 3.05. The number of nitrogens with zero attached hydrogens (tertiary/aromatic N) is 1. The van der Waals surface area contributed by atoms with Gasteiger partial charge in [0.05, 0.1) is 4.90 Å². The molecule has 0 atom stereocenters. The van der Waals surface area contributed by atoms with Gasteiger partial charge in [0, 0.05) is 12.6 Å². The number of benzene rings is 1. The topological polar surface area (TPSA) is 37.4 Å². The predicted molar refractivity (Wildman–Crippen MR) is 86.0 cm³/mol. The fraction of sp³-hybridized carbons (Fsp3) is 0.375. The van der Waals surface area contributed by atoms with Crippen LogP contribution < -0.4 is 0 Å². The lowest BCUT2D eigenvalue weighted by atomic mass is 10.2. The maximum absolute atomic E-state index is 13.0. The number of hydrogen-bond donors (Lipinski definition) is 0. The number of sulfonamides is 1. The van der Waals surface area contributed by atoms with Crippen LogP contribution in [0.5, 0.6) is 0 Å². The van der Waals surface area contributed by atoms with Crippen molar-refractivity contribution in [3.63, 3.8) is 0 Å². The summed E-state index contributed by atoms with van der Waals surface area (Å²) in [6.07, 6.45) is 1.93. The van der Waals surface area contributed by atoms with E-state index in [9.17, 15) is 8.42 Å². The first-order valence-corrected chi connectivity index (χ1v) is 9.47. The van der Waals surface area contributed by atoms with Crippen molar-refractivity contribution in [1.82, 2.24) is 4.31 Å². The monoisotopic (exact) mass is 321 g/mol. The molecule has 1 aromatic heterocycles. The first kappa shape index (κ1) is 14.8. The molecule has 0 saturated heterocycles. The lowest BCUT2D eigenvalue weighted by Crippen LogP contribution is -2.33. The standard InChI is InChI=1S/C16H19NO2S2/c1-12-3-6-16(13(2)9-12)21(18,19)17(15-4-5-15)10-14-7-8-20-11-14/h3,6-9,11,15H,4-5,10H2,1-2H3. The summed E-state index contributed by atoms with van der Waals surface area (Å²) in [7, 11) is -3.42. The van der Waals surface area contributed by atoms with E-state index < -0.39 is 10.0 Å². The highest BCUT2D eigenvalue weighted by Gasteiger charge is 2.38. The van der Waals surface area contributed by atoms with Gasteiger partial charge in [-0.05, 0) is 60.7 Å². The van der Waals surface area contributed by atoms with Crippen molar-refractivity contribution in [3.05, 3.63) is 51.7 Å². The molecule has 3 rings (SSSR count). The Labute approximate surface area is 130 Å². The van der Waals surface area contributed by atoms with Gasteiger partial charge in [0.15, 0.2) is 0 Å². The highest BCUT2D eigenvalue weighted by Crippen LogP contribution is 2.34. The van der Waals surface area contributed by atoms with Gasteiger partial charge >= 0.3 is 0 Å². The summed E-state index contributed by atoms with van der Waals surface area (Å²) in [5.41, 5.74) is 2.98. The van der Waals surface area contributed by atoms with Crippen LogP contribution in [-0.4, -0.2) is 18.8 Å². The molecule has 1 heterocycles. The Kier molecular flexibility index (Phi) is 3.90. The second kappa shape index (κ2) is 5.55. The van der Waals surface area contributed by atoms with Crippen molar-refractivity contribution in [3.8, 4) is 0 Å². The van der Waals surface area contributed by atoms with Crippen molar-refractivity contribution in [2.24, 2.45) is 0 Å². The first-order valence-electron chi connectivity index (χ1n) is 7.08. The molecule has 0 aliphatic heterocycles. The van der Waals surface area contributed by atoms with E-state index >= 15 is 0 Å². The molecule has 0 bridgehead atoms. The van der Waals surface area contributed by atoms with Crippen LogP contribution in [0.3, 0.4) is 0 Å². The van der Waals surface area contributed by atoms with Gasteiger partial charge in [-0.3, -0.25) is 0 Å². The van der Waals surface area contributed by atoms with Gasteiger partial charge in [-0.2, -0.15) is 15.6 Å². The Morgan fingerprint density at radius 3 is 2.57 bits per heavy atom. The largest absolute Gasteiger partial charge is 0.243 e. The molecule has 3 nitrogen and oxygen atoms in total. The van der Waals surface area contributed by atoms with Crippen LogP contribution in [0.2, 0.25) is 0 Å². The third-order valence-corrected chi connectivity index (χ3v) is 6.58. The van der Waals surface area contributed by atoms with Crippen LogP contribution >= 0.6 is 11.3 Å². The second-order valence-corrected chi connectivity index (χ2v) is 8.32. The Hall–Kier alpha value is -1.17. The number of rotatable bonds is 5. The molecule has 1 fully saturated rings. The minimum atomic E-state index is -3.42. The van der Waals surface area contributed by atoms with E-state index in [0.717, 1.165) is 29.5 Å². The van der Waals surface area contributed by atoms with Gasteiger partial charge in [0.1, 0.15) is 0 Å². The van der Waals surface area contributed by atoms with Crippen LogP contribution in [0.25, 0.3) is 0 Å². The van der Waals surface area contributed by atoms with Crippen LogP contribution in [0.4, 0.5) is 0 Å². The molecule has 1 aliphatic carbocycles. The number of thiophene rings is 1. The molecule has 5 heteroatoms. The molecule has 112 valence electrons. The smallest absolute Gasteiger partial charge is 0.207 e. The number of aryl methyl sites for hydroxylation is 2. The molecule has 1 aromatic carbocycles. The molecule has 21 heavy (non-hydrogen) atoms. The van der Waals surface area contributed by atoms with E-state index in [1.54, 1.807) is 21.7 Å². The zero-order valence-electron chi connectivity index (χ0n) is 12.2. The molecule has 0 radical (unpaired) electrons. The van der Waals surface area contributed by atoms with E-state index in [0.29, 0.717) is 11.4 Å². The third-order valence-electron chi connectivity index (χ3n) is 3.79. The second-order valence-electron chi connectivity index (χ2n) is 5.68. The van der Waals surface area contributed by atoms with Crippen LogP contribution in [0.15, 0.2) is 39.9 Å². The molecule has 0 unspecified atom stereocenters. The highest BCUT2D eigenvalue weighted by molar-refractivity contribution is 7.89. The van der Waals surface area contributed by atoms with Gasteiger partial charge in [-0.25, -0.2) is 8.42 Å². The SMILES string of the molecule is Cc1ccc(S(=O)(=O)N(Cc2ccsc2)C2CC2)c(C)c1. The van der Waals surface area contributed by atoms with Crippen LogP contribution in [-0.2, 0) is 16.6 Å². The normalized spacial score (nSPS) is 15.6. The summed E-state index contributed by atoms with van der Waals surface area (Å²) in [5.74, 6) is 0. The van der Waals surface area contributed by atoms with Gasteiger partial charge in [-0.1, -0.05) is 17.7 Å². The predicted octanol–water partition coefficient (Wildman–Crippen LogP) is 3.72. The molecule has 1 aliphatic rings. The van der Waals surface area contributed by atoms with Crippen molar-refractivity contribution in [2.75, 3.05) is 0 Å². The van der Waals surface area contributed by atoms with Crippen molar-refractivity contribution in [2.45, 2.75) is 44.2 Å². The van der Waals surface area contributed by atoms with Crippen molar-refractivity contribution >= 4 is 21.4 Å². The number of hydrogen-bond acceptors (Lipinski definition) is 3. The molecule has 2 aromatic rings. The molecular formula is C16H19NO2S2. The van der Waals surface area contributed by atoms with E-state index in [1.165, 1.54) is 0 Å². The summed E-state index contributed by atoms with van der Waals surface area (Å²) < 4.78 is 27.7. The van der Waals surface area contributed by atoms with Crippen LogP contribution in [0, 0.1) is 13.8 Å². The van der Waals surface area contributed by atoms with Crippen molar-refractivity contribution in [1.29, 1.82) is 0 Å². The van der Waals surface area contributed by atoms with Gasteiger partial charge < -0.3 is 0 Å². The minimum Gasteiger partial charge on any atom is -0.207 e. The summed E-state index contributed by atoms with van der Waals surface area (Å²) in [4.78, 5) is 0.440. The lowest BCUT2D eigenvalue weighted by molar-refractivity contribution is 0.399. The average Bonchev–Trinajstić information content (AvgIpc) is 3.11. The summed E-state index contributed by atoms with van der Waals surface area (Å²) in [5, 5.41) is 4.01. The van der Waals surface area contributed by atoms with Crippen LogP contribution in [0.1, 0.15) is 29.5 Å². The molecule has 0 spiro atoms. The first-order chi connectivity index (χ1) is 9.98. The zero-order valence-corrected chi connectivity index (χ0v) is 13.9. The molecule has 0 N–H and O–H groups in total. The summed E-state index contributed by atoms with van der Waals surface area (Å²) in [6, 6.07) is 7.70. The molecule has 0 amide bonds. The maximum Gasteiger partial charge on any atom is 0.243 e.